The highest BCUT2D eigenvalue weighted by Gasteiger charge is 2.38. The predicted octanol–water partition coefficient (Wildman–Crippen LogP) is 16.3. The van der Waals surface area contributed by atoms with Crippen LogP contribution >= 0.6 is 0 Å². The van der Waals surface area contributed by atoms with Crippen molar-refractivity contribution in [1.29, 1.82) is 0 Å². The summed E-state index contributed by atoms with van der Waals surface area (Å²) in [6.07, 6.45) is 1.04. The van der Waals surface area contributed by atoms with E-state index in [4.69, 9.17) is 0 Å². The third kappa shape index (κ3) is 6.67. The van der Waals surface area contributed by atoms with E-state index in [2.05, 4.69) is 254 Å². The molecule has 60 heavy (non-hydrogen) atoms. The highest BCUT2D eigenvalue weighted by Crippen LogP contribution is 2.52. The van der Waals surface area contributed by atoms with Crippen molar-refractivity contribution in [3.8, 4) is 44.5 Å². The van der Waals surface area contributed by atoms with Gasteiger partial charge in [-0.25, -0.2) is 0 Å². The largest absolute Gasteiger partial charge is 0.310 e. The number of rotatable bonds is 10. The van der Waals surface area contributed by atoms with Gasteiger partial charge in [0.05, 0.1) is 5.69 Å². The SMILES string of the molecule is CCC1(C)c2ccccc2-c2ccc(N(c3ccccc3)c3ccc(-c4ccc(-c5ccccc5N(c5ccccc5)c5ccc(-c6ccccc6)cc5)cc4)cc3)cc21. The van der Waals surface area contributed by atoms with Gasteiger partial charge in [0.1, 0.15) is 0 Å². The van der Waals surface area contributed by atoms with Crippen LogP contribution in [0.4, 0.5) is 34.1 Å². The Hall–Kier alpha value is -7.42. The molecular weight excluding hydrogens is 725 g/mol. The summed E-state index contributed by atoms with van der Waals surface area (Å²) < 4.78 is 0. The Morgan fingerprint density at radius 1 is 0.317 bits per heavy atom. The smallest absolute Gasteiger partial charge is 0.0540 e. The third-order valence-electron chi connectivity index (χ3n) is 12.4. The van der Waals surface area contributed by atoms with Crippen LogP contribution in [0.25, 0.3) is 44.5 Å². The molecular formula is C58H46N2. The molecule has 10 rings (SSSR count). The molecule has 0 fully saturated rings. The van der Waals surface area contributed by atoms with E-state index in [9.17, 15) is 0 Å². The molecule has 9 aromatic rings. The van der Waals surface area contributed by atoms with E-state index >= 15 is 0 Å². The quantitative estimate of drug-likeness (QED) is 0.137. The minimum absolute atomic E-state index is 0.0329. The maximum atomic E-state index is 2.43. The molecule has 0 saturated carbocycles. The molecule has 0 radical (unpaired) electrons. The number of hydrogen-bond donors (Lipinski definition) is 0. The molecule has 9 aromatic carbocycles. The van der Waals surface area contributed by atoms with E-state index in [-0.39, 0.29) is 5.41 Å². The summed E-state index contributed by atoms with van der Waals surface area (Å²) >= 11 is 0. The van der Waals surface area contributed by atoms with E-state index in [0.717, 1.165) is 34.9 Å². The first kappa shape index (κ1) is 36.9. The maximum Gasteiger partial charge on any atom is 0.0540 e. The summed E-state index contributed by atoms with van der Waals surface area (Å²) in [7, 11) is 0. The number of para-hydroxylation sites is 3. The highest BCUT2D eigenvalue weighted by atomic mass is 15.1. The maximum absolute atomic E-state index is 2.43. The van der Waals surface area contributed by atoms with Crippen LogP contribution in [0.15, 0.2) is 231 Å². The molecule has 1 atom stereocenters. The number of anilines is 6. The van der Waals surface area contributed by atoms with Gasteiger partial charge < -0.3 is 9.80 Å². The fourth-order valence-corrected chi connectivity index (χ4v) is 9.11. The topological polar surface area (TPSA) is 6.48 Å². The van der Waals surface area contributed by atoms with Gasteiger partial charge in [-0.2, -0.15) is 0 Å². The second-order valence-corrected chi connectivity index (χ2v) is 15.9. The molecule has 288 valence electrons. The Morgan fingerprint density at radius 2 is 0.717 bits per heavy atom. The molecule has 1 unspecified atom stereocenters. The molecule has 0 saturated heterocycles. The highest BCUT2D eigenvalue weighted by molar-refractivity contribution is 5.90. The van der Waals surface area contributed by atoms with Gasteiger partial charge in [-0.05, 0) is 123 Å². The van der Waals surface area contributed by atoms with Gasteiger partial charge in [0, 0.05) is 39.4 Å². The van der Waals surface area contributed by atoms with Gasteiger partial charge in [0.15, 0.2) is 0 Å². The summed E-state index contributed by atoms with van der Waals surface area (Å²) in [5.74, 6) is 0. The van der Waals surface area contributed by atoms with Gasteiger partial charge in [-0.1, -0.05) is 178 Å². The second kappa shape index (κ2) is 15.7. The van der Waals surface area contributed by atoms with Gasteiger partial charge in [0.25, 0.3) is 0 Å². The molecule has 0 bridgehead atoms. The molecule has 1 aliphatic carbocycles. The lowest BCUT2D eigenvalue weighted by atomic mass is 9.78. The first-order chi connectivity index (χ1) is 29.6. The molecule has 0 aromatic heterocycles. The normalized spacial score (nSPS) is 14.0. The summed E-state index contributed by atoms with van der Waals surface area (Å²) in [5, 5.41) is 0. The molecule has 0 heterocycles. The van der Waals surface area contributed by atoms with Crippen molar-refractivity contribution in [2.24, 2.45) is 0 Å². The number of nitrogens with zero attached hydrogens (tertiary/aromatic N) is 2. The Bertz CT molecular complexity index is 2880. The Kier molecular flexibility index (Phi) is 9.67. The first-order valence-corrected chi connectivity index (χ1v) is 21.0. The van der Waals surface area contributed by atoms with Crippen molar-refractivity contribution in [1.82, 2.24) is 0 Å². The zero-order valence-electron chi connectivity index (χ0n) is 34.0. The molecule has 2 nitrogen and oxygen atoms in total. The van der Waals surface area contributed by atoms with Gasteiger partial charge in [-0.3, -0.25) is 0 Å². The van der Waals surface area contributed by atoms with E-state index in [1.807, 2.05) is 0 Å². The average Bonchev–Trinajstić information content (AvgIpc) is 3.58. The standard InChI is InChI=1S/C58H46N2/c1-3-58(2)55-25-15-13-24-53(55)54-40-39-51(41-56(54)58)59(47-19-9-5-10-20-47)49-35-31-45(32-36-49)43-27-29-46(30-28-43)52-23-14-16-26-57(52)60(48-21-11-6-12-22-48)50-37-33-44(34-38-50)42-17-7-4-8-18-42/h4-41H,3H2,1-2H3. The fraction of sp³-hybridized carbons (Fsp3) is 0.0690. The lowest BCUT2D eigenvalue weighted by Crippen LogP contribution is -2.20. The van der Waals surface area contributed by atoms with Crippen molar-refractivity contribution >= 4 is 34.1 Å². The van der Waals surface area contributed by atoms with E-state index < -0.39 is 0 Å². The van der Waals surface area contributed by atoms with Crippen LogP contribution in [0.3, 0.4) is 0 Å². The monoisotopic (exact) mass is 770 g/mol. The van der Waals surface area contributed by atoms with Crippen molar-refractivity contribution in [2.75, 3.05) is 9.80 Å². The van der Waals surface area contributed by atoms with Gasteiger partial charge >= 0.3 is 0 Å². The Morgan fingerprint density at radius 3 is 1.32 bits per heavy atom. The molecule has 0 spiro atoms. The average molecular weight is 771 g/mol. The molecule has 1 aliphatic rings. The van der Waals surface area contributed by atoms with Crippen molar-refractivity contribution < 1.29 is 0 Å². The van der Waals surface area contributed by atoms with E-state index in [1.165, 1.54) is 61.3 Å². The van der Waals surface area contributed by atoms with Crippen LogP contribution < -0.4 is 9.80 Å². The fourth-order valence-electron chi connectivity index (χ4n) is 9.11. The van der Waals surface area contributed by atoms with Crippen LogP contribution in [0.2, 0.25) is 0 Å². The lowest BCUT2D eigenvalue weighted by molar-refractivity contribution is 0.564. The second-order valence-electron chi connectivity index (χ2n) is 15.9. The number of benzene rings is 9. The summed E-state index contributed by atoms with van der Waals surface area (Å²) in [6.45, 7) is 4.71. The summed E-state index contributed by atoms with van der Waals surface area (Å²) in [6, 6.07) is 83.5. The first-order valence-electron chi connectivity index (χ1n) is 21.0. The number of fused-ring (bicyclic) bond motifs is 3. The van der Waals surface area contributed by atoms with E-state index in [1.54, 1.807) is 0 Å². The minimum Gasteiger partial charge on any atom is -0.310 e. The predicted molar refractivity (Wildman–Crippen MR) is 254 cm³/mol. The summed E-state index contributed by atoms with van der Waals surface area (Å²) in [4.78, 5) is 4.74. The Balaban J connectivity index is 0.966. The van der Waals surface area contributed by atoms with Gasteiger partial charge in [0.2, 0.25) is 0 Å². The van der Waals surface area contributed by atoms with Crippen LogP contribution in [0, 0.1) is 0 Å². The zero-order chi connectivity index (χ0) is 40.5. The third-order valence-corrected chi connectivity index (χ3v) is 12.4. The molecule has 2 heteroatoms. The van der Waals surface area contributed by atoms with Crippen LogP contribution in [-0.2, 0) is 5.41 Å². The van der Waals surface area contributed by atoms with Crippen LogP contribution in [0.1, 0.15) is 31.4 Å². The lowest BCUT2D eigenvalue weighted by Gasteiger charge is -2.29. The van der Waals surface area contributed by atoms with Crippen molar-refractivity contribution in [3.63, 3.8) is 0 Å². The molecule has 0 N–H and O–H groups in total. The molecule has 0 amide bonds. The Labute approximate surface area is 354 Å². The minimum atomic E-state index is -0.0329. The van der Waals surface area contributed by atoms with Crippen molar-refractivity contribution in [2.45, 2.75) is 25.7 Å². The van der Waals surface area contributed by atoms with Crippen LogP contribution in [-0.4, -0.2) is 0 Å². The van der Waals surface area contributed by atoms with E-state index in [0.29, 0.717) is 0 Å². The zero-order valence-corrected chi connectivity index (χ0v) is 34.0. The van der Waals surface area contributed by atoms with Gasteiger partial charge in [-0.15, -0.1) is 0 Å². The molecule has 0 aliphatic heterocycles. The van der Waals surface area contributed by atoms with Crippen LogP contribution in [0.5, 0.6) is 0 Å². The van der Waals surface area contributed by atoms with Crippen molar-refractivity contribution in [3.05, 3.63) is 242 Å². The number of hydrogen-bond acceptors (Lipinski definition) is 2. The summed E-state index contributed by atoms with van der Waals surface area (Å²) in [5.41, 5.74) is 19.4.